The Labute approximate surface area is 262 Å². The molecule has 0 atom stereocenters. The normalized spacial score (nSPS) is 12.6. The van der Waals surface area contributed by atoms with Crippen molar-refractivity contribution in [2.45, 2.75) is 32.1 Å². The lowest BCUT2D eigenvalue weighted by atomic mass is 9.86. The summed E-state index contributed by atoms with van der Waals surface area (Å²) in [6.07, 6.45) is 10.7. The topological polar surface area (TPSA) is 93.1 Å². The summed E-state index contributed by atoms with van der Waals surface area (Å²) in [5, 5.41) is 24.7. The first-order valence-electron chi connectivity index (χ1n) is 14.9. The van der Waals surface area contributed by atoms with E-state index in [0.717, 1.165) is 0 Å². The SMILES string of the molecule is COc1cc(/C=C/C(=O)CC(=O)/C=C/c2ccc(O)c(OC)c2)ccc1O.c1ccc2c(c1)ccc1c3c(ccc12)CCCC3. The van der Waals surface area contributed by atoms with E-state index in [1.165, 1.54) is 85.7 Å². The highest BCUT2D eigenvalue weighted by Gasteiger charge is 2.13. The van der Waals surface area contributed by atoms with Crippen LogP contribution in [0.15, 0.2) is 97.1 Å². The number of ketones is 2. The average molecular weight is 601 g/mol. The van der Waals surface area contributed by atoms with Crippen molar-refractivity contribution in [1.29, 1.82) is 0 Å². The van der Waals surface area contributed by atoms with E-state index in [1.807, 2.05) is 0 Å². The monoisotopic (exact) mass is 600 g/mol. The molecule has 0 fully saturated rings. The molecule has 1 aliphatic rings. The van der Waals surface area contributed by atoms with Gasteiger partial charge in [0.1, 0.15) is 0 Å². The number of hydrogen-bond donors (Lipinski definition) is 2. The molecule has 0 spiro atoms. The van der Waals surface area contributed by atoms with E-state index in [-0.39, 0.29) is 29.5 Å². The van der Waals surface area contributed by atoms with E-state index < -0.39 is 0 Å². The number of fused-ring (bicyclic) bond motifs is 5. The minimum atomic E-state index is -0.347. The molecule has 45 heavy (non-hydrogen) atoms. The summed E-state index contributed by atoms with van der Waals surface area (Å²) in [5.41, 5.74) is 4.50. The Bertz CT molecular complexity index is 1840. The van der Waals surface area contributed by atoms with Gasteiger partial charge < -0.3 is 19.7 Å². The number of rotatable bonds is 8. The van der Waals surface area contributed by atoms with Gasteiger partial charge in [0.05, 0.1) is 20.6 Å². The van der Waals surface area contributed by atoms with Crippen LogP contribution in [0.25, 0.3) is 33.7 Å². The Morgan fingerprint density at radius 2 is 1.24 bits per heavy atom. The van der Waals surface area contributed by atoms with Gasteiger partial charge in [-0.2, -0.15) is 0 Å². The van der Waals surface area contributed by atoms with Gasteiger partial charge in [0.2, 0.25) is 0 Å². The first kappa shape index (κ1) is 31.1. The average Bonchev–Trinajstić information content (AvgIpc) is 3.07. The third kappa shape index (κ3) is 7.60. The molecular weight excluding hydrogens is 564 g/mol. The number of ether oxygens (including phenoxy) is 2. The zero-order valence-electron chi connectivity index (χ0n) is 25.5. The molecule has 6 nitrogen and oxygen atoms in total. The second-order valence-corrected chi connectivity index (χ2v) is 10.9. The van der Waals surface area contributed by atoms with Gasteiger partial charge in [0.15, 0.2) is 34.6 Å². The minimum Gasteiger partial charge on any atom is -0.504 e. The van der Waals surface area contributed by atoms with E-state index in [1.54, 1.807) is 47.5 Å². The molecule has 0 radical (unpaired) electrons. The van der Waals surface area contributed by atoms with Gasteiger partial charge in [0, 0.05) is 0 Å². The molecule has 0 aromatic heterocycles. The van der Waals surface area contributed by atoms with Gasteiger partial charge in [0.25, 0.3) is 0 Å². The predicted octanol–water partition coefficient (Wildman–Crippen LogP) is 8.24. The van der Waals surface area contributed by atoms with Crippen LogP contribution in [0, 0.1) is 0 Å². The molecule has 1 aliphatic carbocycles. The highest BCUT2D eigenvalue weighted by atomic mass is 16.5. The van der Waals surface area contributed by atoms with Gasteiger partial charge in [-0.15, -0.1) is 0 Å². The zero-order valence-corrected chi connectivity index (χ0v) is 25.5. The van der Waals surface area contributed by atoms with Crippen molar-refractivity contribution in [1.82, 2.24) is 0 Å². The summed E-state index contributed by atoms with van der Waals surface area (Å²) in [6, 6.07) is 27.3. The van der Waals surface area contributed by atoms with Crippen molar-refractivity contribution < 1.29 is 29.3 Å². The second kappa shape index (κ2) is 14.4. The Hall–Kier alpha value is -5.36. The summed E-state index contributed by atoms with van der Waals surface area (Å²) < 4.78 is 10.00. The largest absolute Gasteiger partial charge is 0.504 e. The van der Waals surface area contributed by atoms with Crippen molar-refractivity contribution in [3.63, 3.8) is 0 Å². The molecule has 5 aromatic carbocycles. The molecular formula is C39H36O6. The maximum Gasteiger partial charge on any atom is 0.163 e. The maximum atomic E-state index is 11.9. The third-order valence-corrected chi connectivity index (χ3v) is 7.94. The van der Waals surface area contributed by atoms with E-state index in [2.05, 4.69) is 48.5 Å². The lowest BCUT2D eigenvalue weighted by molar-refractivity contribution is -0.121. The molecule has 0 saturated heterocycles. The smallest absolute Gasteiger partial charge is 0.163 e. The number of phenols is 2. The van der Waals surface area contributed by atoms with Crippen molar-refractivity contribution >= 4 is 45.3 Å². The zero-order chi connectivity index (χ0) is 31.8. The van der Waals surface area contributed by atoms with Crippen molar-refractivity contribution in [3.05, 3.63) is 119 Å². The lowest BCUT2D eigenvalue weighted by Gasteiger charge is -2.18. The summed E-state index contributed by atoms with van der Waals surface area (Å²) in [4.78, 5) is 23.9. The fourth-order valence-electron chi connectivity index (χ4n) is 5.61. The van der Waals surface area contributed by atoms with Gasteiger partial charge in [-0.05, 0) is 106 Å². The summed E-state index contributed by atoms with van der Waals surface area (Å²) in [7, 11) is 2.87. The molecule has 6 rings (SSSR count). The Morgan fingerprint density at radius 1 is 0.667 bits per heavy atom. The van der Waals surface area contributed by atoms with Crippen LogP contribution >= 0.6 is 0 Å². The number of benzene rings is 5. The molecule has 2 N–H and O–H groups in total. The Kier molecular flexibility index (Phi) is 9.95. The van der Waals surface area contributed by atoms with Crippen LogP contribution in [-0.4, -0.2) is 36.0 Å². The maximum absolute atomic E-state index is 11.9. The molecule has 0 saturated carbocycles. The number of carbonyl (C=O) groups is 2. The molecule has 0 aliphatic heterocycles. The van der Waals surface area contributed by atoms with E-state index in [4.69, 9.17) is 9.47 Å². The molecule has 228 valence electrons. The minimum absolute atomic E-state index is 0.00662. The number of allylic oxidation sites excluding steroid dienone is 2. The standard InChI is InChI=1S/C21H20O6.C18H16/c1-26-20-11-14(5-9-18(20)24)3-7-16(22)13-17(23)8-4-15-6-10-19(25)21(12-15)27-2;1-3-7-15-13(5-1)9-11-18-16-8-4-2-6-14(16)10-12-17(15)18/h3-12,24-25H,13H2,1-2H3;1,3,5,7,9-12H,2,4,6,8H2/b7-3+,8-4+;. The number of hydrogen-bond acceptors (Lipinski definition) is 6. The van der Waals surface area contributed by atoms with Crippen LogP contribution in [0.5, 0.6) is 23.0 Å². The number of carbonyl (C=O) groups excluding carboxylic acids is 2. The van der Waals surface area contributed by atoms with Crippen LogP contribution in [0.1, 0.15) is 41.5 Å². The molecule has 0 unspecified atom stereocenters. The van der Waals surface area contributed by atoms with Crippen molar-refractivity contribution in [3.8, 4) is 23.0 Å². The third-order valence-electron chi connectivity index (χ3n) is 7.94. The molecule has 0 heterocycles. The first-order chi connectivity index (χ1) is 21.9. The summed E-state index contributed by atoms with van der Waals surface area (Å²) >= 11 is 0. The predicted molar refractivity (Wildman–Crippen MR) is 180 cm³/mol. The quantitative estimate of drug-likeness (QED) is 0.106. The number of methoxy groups -OCH3 is 2. The highest BCUT2D eigenvalue weighted by molar-refractivity contribution is 6.11. The first-order valence-corrected chi connectivity index (χ1v) is 14.9. The van der Waals surface area contributed by atoms with Crippen LogP contribution in [0.3, 0.4) is 0 Å². The summed E-state index contributed by atoms with van der Waals surface area (Å²) in [5.74, 6) is -0.0832. The van der Waals surface area contributed by atoms with Crippen LogP contribution in [0.2, 0.25) is 0 Å². The van der Waals surface area contributed by atoms with Crippen molar-refractivity contribution in [2.75, 3.05) is 14.2 Å². The Morgan fingerprint density at radius 3 is 1.87 bits per heavy atom. The molecule has 5 aromatic rings. The fourth-order valence-corrected chi connectivity index (χ4v) is 5.61. The fraction of sp³-hybridized carbons (Fsp3) is 0.179. The van der Waals surface area contributed by atoms with Gasteiger partial charge in [-0.3, -0.25) is 9.59 Å². The highest BCUT2D eigenvalue weighted by Crippen LogP contribution is 2.33. The lowest BCUT2D eigenvalue weighted by Crippen LogP contribution is -2.02. The van der Waals surface area contributed by atoms with E-state index in [0.29, 0.717) is 22.6 Å². The molecule has 6 heteroatoms. The summed E-state index contributed by atoms with van der Waals surface area (Å²) in [6.45, 7) is 0. The Balaban J connectivity index is 0.000000191. The van der Waals surface area contributed by atoms with Crippen LogP contribution in [0.4, 0.5) is 0 Å². The van der Waals surface area contributed by atoms with Gasteiger partial charge in [-0.1, -0.05) is 72.8 Å². The van der Waals surface area contributed by atoms with Gasteiger partial charge >= 0.3 is 0 Å². The number of aromatic hydroxyl groups is 2. The van der Waals surface area contributed by atoms with E-state index >= 15 is 0 Å². The van der Waals surface area contributed by atoms with Crippen molar-refractivity contribution in [2.24, 2.45) is 0 Å². The number of aryl methyl sites for hydroxylation is 2. The molecule has 0 bridgehead atoms. The van der Waals surface area contributed by atoms with E-state index in [9.17, 15) is 19.8 Å². The number of phenolic OH excluding ortho intramolecular Hbond substituents is 2. The second-order valence-electron chi connectivity index (χ2n) is 10.9. The van der Waals surface area contributed by atoms with Crippen LogP contribution < -0.4 is 9.47 Å². The van der Waals surface area contributed by atoms with Gasteiger partial charge in [-0.25, -0.2) is 0 Å². The molecule has 0 amide bonds. The van der Waals surface area contributed by atoms with Crippen LogP contribution in [-0.2, 0) is 22.4 Å².